The largest absolute Gasteiger partial charge is 0.360 e. The number of hydrogen-bond donors (Lipinski definition) is 0. The van der Waals surface area contributed by atoms with Gasteiger partial charge in [0.2, 0.25) is 0 Å². The fourth-order valence-corrected chi connectivity index (χ4v) is 3.24. The van der Waals surface area contributed by atoms with E-state index in [1.54, 1.807) is 6.92 Å². The number of unbranched alkanes of at least 4 members (excludes halogenated alkanes) is 6. The zero-order valence-electron chi connectivity index (χ0n) is 15.5. The van der Waals surface area contributed by atoms with Crippen LogP contribution in [0, 0.1) is 0 Å². The van der Waals surface area contributed by atoms with Gasteiger partial charge in [0.25, 0.3) is 0 Å². The van der Waals surface area contributed by atoms with Crippen molar-refractivity contribution in [2.24, 2.45) is 0 Å². The molecule has 2 heteroatoms. The molecule has 0 bridgehead atoms. The summed E-state index contributed by atoms with van der Waals surface area (Å²) < 4.78 is 6.34. The van der Waals surface area contributed by atoms with Gasteiger partial charge in [0.15, 0.2) is 5.78 Å². The summed E-state index contributed by atoms with van der Waals surface area (Å²) in [5, 5.41) is 0. The summed E-state index contributed by atoms with van der Waals surface area (Å²) in [6.07, 6.45) is 21.3. The van der Waals surface area contributed by atoms with Crippen LogP contribution in [0.5, 0.6) is 0 Å². The number of Topliss-reactive ketones (excluding diaryl/α,β-unsaturated/α-hetero) is 1. The quantitative estimate of drug-likeness (QED) is 0.380. The van der Waals surface area contributed by atoms with Crippen molar-refractivity contribution in [3.05, 3.63) is 24.3 Å². The lowest BCUT2D eigenvalue weighted by atomic mass is 9.90. The van der Waals surface area contributed by atoms with E-state index in [-0.39, 0.29) is 11.9 Å². The van der Waals surface area contributed by atoms with Gasteiger partial charge in [-0.15, -0.1) is 0 Å². The van der Waals surface area contributed by atoms with Gasteiger partial charge in [-0.05, 0) is 25.8 Å². The molecule has 0 saturated carbocycles. The molecular weight excluding hydrogens is 284 g/mol. The summed E-state index contributed by atoms with van der Waals surface area (Å²) in [6, 6.07) is 0. The van der Waals surface area contributed by atoms with Gasteiger partial charge in [-0.1, -0.05) is 83.4 Å². The number of carbonyl (C=O) groups excluding carboxylic acids is 1. The molecule has 0 aromatic carbocycles. The molecule has 0 amide bonds. The molecule has 0 N–H and O–H groups in total. The van der Waals surface area contributed by atoms with E-state index in [4.69, 9.17) is 4.74 Å². The summed E-state index contributed by atoms with van der Waals surface area (Å²) >= 11 is 0. The van der Waals surface area contributed by atoms with Crippen molar-refractivity contribution in [3.8, 4) is 0 Å². The van der Waals surface area contributed by atoms with Crippen LogP contribution in [0.3, 0.4) is 0 Å². The van der Waals surface area contributed by atoms with Gasteiger partial charge in [0.1, 0.15) is 5.60 Å². The second-order valence-electron chi connectivity index (χ2n) is 6.88. The second kappa shape index (κ2) is 11.6. The van der Waals surface area contributed by atoms with Crippen LogP contribution in [0.2, 0.25) is 0 Å². The van der Waals surface area contributed by atoms with E-state index in [0.29, 0.717) is 6.42 Å². The third kappa shape index (κ3) is 7.48. The van der Waals surface area contributed by atoms with Gasteiger partial charge in [-0.25, -0.2) is 0 Å². The Kier molecular flexibility index (Phi) is 10.2. The van der Waals surface area contributed by atoms with Gasteiger partial charge in [0.05, 0.1) is 6.10 Å². The maximum Gasteiger partial charge on any atom is 0.165 e. The predicted molar refractivity (Wildman–Crippen MR) is 98.7 cm³/mol. The molecule has 0 aromatic heterocycles. The highest BCUT2D eigenvalue weighted by Crippen LogP contribution is 2.28. The smallest absolute Gasteiger partial charge is 0.165 e. The third-order valence-corrected chi connectivity index (χ3v) is 4.75. The van der Waals surface area contributed by atoms with Crippen LogP contribution in [-0.4, -0.2) is 17.5 Å². The molecule has 0 radical (unpaired) electrons. The molecule has 1 rings (SSSR count). The first-order valence-corrected chi connectivity index (χ1v) is 9.68. The monoisotopic (exact) mass is 320 g/mol. The van der Waals surface area contributed by atoms with Crippen molar-refractivity contribution >= 4 is 5.78 Å². The molecule has 2 nitrogen and oxygen atoms in total. The lowest BCUT2D eigenvalue weighted by Crippen LogP contribution is -2.42. The number of ether oxygens (including phenoxy) is 1. The van der Waals surface area contributed by atoms with Gasteiger partial charge in [-0.2, -0.15) is 0 Å². The van der Waals surface area contributed by atoms with Crippen LogP contribution in [-0.2, 0) is 9.53 Å². The Morgan fingerprint density at radius 1 is 1.00 bits per heavy atom. The average Bonchev–Trinajstić information content (AvgIpc) is 2.55. The van der Waals surface area contributed by atoms with Crippen LogP contribution in [0.25, 0.3) is 0 Å². The number of hydrogen-bond acceptors (Lipinski definition) is 2. The fourth-order valence-electron chi connectivity index (χ4n) is 3.24. The van der Waals surface area contributed by atoms with Crippen molar-refractivity contribution in [3.63, 3.8) is 0 Å². The summed E-state index contributed by atoms with van der Waals surface area (Å²) in [6.45, 7) is 6.10. The van der Waals surface area contributed by atoms with Crippen molar-refractivity contribution < 1.29 is 9.53 Å². The van der Waals surface area contributed by atoms with Crippen LogP contribution in [0.4, 0.5) is 0 Å². The lowest BCUT2D eigenvalue weighted by Gasteiger charge is -2.33. The third-order valence-electron chi connectivity index (χ3n) is 4.75. The van der Waals surface area contributed by atoms with Gasteiger partial charge in [-0.3, -0.25) is 4.79 Å². The van der Waals surface area contributed by atoms with Crippen LogP contribution in [0.15, 0.2) is 24.3 Å². The molecule has 0 spiro atoms. The molecule has 0 fully saturated rings. The molecule has 132 valence electrons. The van der Waals surface area contributed by atoms with Crippen LogP contribution >= 0.6 is 0 Å². The summed E-state index contributed by atoms with van der Waals surface area (Å²) in [4.78, 5) is 12.1. The maximum atomic E-state index is 12.1. The Morgan fingerprint density at radius 3 is 2.26 bits per heavy atom. The summed E-state index contributed by atoms with van der Waals surface area (Å²) in [5.41, 5.74) is -0.713. The first-order valence-electron chi connectivity index (χ1n) is 9.68. The Morgan fingerprint density at radius 2 is 1.70 bits per heavy atom. The minimum absolute atomic E-state index is 0.124. The lowest BCUT2D eigenvalue weighted by molar-refractivity contribution is -0.143. The maximum absolute atomic E-state index is 12.1. The minimum Gasteiger partial charge on any atom is -0.360 e. The van der Waals surface area contributed by atoms with Crippen molar-refractivity contribution in [2.45, 2.75) is 103 Å². The van der Waals surface area contributed by atoms with Crippen LogP contribution < -0.4 is 0 Å². The molecule has 23 heavy (non-hydrogen) atoms. The first kappa shape index (κ1) is 20.2. The molecule has 0 aliphatic heterocycles. The second-order valence-corrected chi connectivity index (χ2v) is 6.88. The highest BCUT2D eigenvalue weighted by Gasteiger charge is 2.35. The zero-order chi connectivity index (χ0) is 17.0. The Bertz CT molecular complexity index is 383. The Balaban J connectivity index is 2.40. The van der Waals surface area contributed by atoms with E-state index in [0.717, 1.165) is 19.3 Å². The fraction of sp³-hybridized carbons (Fsp3) is 0.762. The topological polar surface area (TPSA) is 26.3 Å². The predicted octanol–water partition coefficient (Wildman–Crippen LogP) is 6.16. The SMILES string of the molecule is CCCCCCCCCC(CCC)OC1(C(C)=O)C=CC=CC1. The van der Waals surface area contributed by atoms with Crippen molar-refractivity contribution in [2.75, 3.05) is 0 Å². The summed E-state index contributed by atoms with van der Waals surface area (Å²) in [5.74, 6) is 0.124. The van der Waals surface area contributed by atoms with Gasteiger partial charge in [0, 0.05) is 6.42 Å². The molecule has 2 atom stereocenters. The Labute approximate surface area is 143 Å². The minimum atomic E-state index is -0.713. The zero-order valence-corrected chi connectivity index (χ0v) is 15.5. The molecular formula is C21H36O2. The first-order chi connectivity index (χ1) is 11.1. The number of carbonyl (C=O) groups is 1. The normalized spacial score (nSPS) is 21.5. The van der Waals surface area contributed by atoms with E-state index < -0.39 is 5.60 Å². The average molecular weight is 321 g/mol. The van der Waals surface area contributed by atoms with Gasteiger partial charge >= 0.3 is 0 Å². The molecule has 0 aromatic rings. The van der Waals surface area contributed by atoms with Crippen molar-refractivity contribution in [1.82, 2.24) is 0 Å². The van der Waals surface area contributed by atoms with E-state index in [1.165, 1.54) is 44.9 Å². The molecule has 0 heterocycles. The number of allylic oxidation sites excluding steroid dienone is 2. The molecule has 1 aliphatic carbocycles. The summed E-state index contributed by atoms with van der Waals surface area (Å²) in [7, 11) is 0. The van der Waals surface area contributed by atoms with E-state index in [2.05, 4.69) is 13.8 Å². The van der Waals surface area contributed by atoms with Crippen LogP contribution in [0.1, 0.15) is 91.4 Å². The van der Waals surface area contributed by atoms with Gasteiger partial charge < -0.3 is 4.74 Å². The van der Waals surface area contributed by atoms with E-state index in [9.17, 15) is 4.79 Å². The van der Waals surface area contributed by atoms with E-state index in [1.807, 2.05) is 24.3 Å². The highest BCUT2D eigenvalue weighted by molar-refractivity contribution is 5.87. The molecule has 1 aliphatic rings. The Hall–Kier alpha value is -0.890. The molecule has 2 unspecified atom stereocenters. The number of rotatable bonds is 13. The van der Waals surface area contributed by atoms with E-state index >= 15 is 0 Å². The number of ketones is 1. The molecule has 0 saturated heterocycles. The standard InChI is InChI=1S/C21H36O2/c1-4-6-7-8-9-10-12-16-20(15-5-2)23-21(19(3)22)17-13-11-14-18-21/h11,13-14,17,20H,4-10,12,15-16,18H2,1-3H3. The highest BCUT2D eigenvalue weighted by atomic mass is 16.5. The van der Waals surface area contributed by atoms with Crippen molar-refractivity contribution in [1.29, 1.82) is 0 Å².